The molecule has 2 fully saturated rings. The monoisotopic (exact) mass is 260 g/mol. The fourth-order valence-corrected chi connectivity index (χ4v) is 5.29. The average Bonchev–Trinajstić information content (AvgIpc) is 2.87. The fraction of sp³-hybridized carbons (Fsp3) is 1.00. The zero-order valence-corrected chi connectivity index (χ0v) is 11.4. The predicted molar refractivity (Wildman–Crippen MR) is 69.7 cm³/mol. The fourth-order valence-electron chi connectivity index (χ4n) is 3.60. The lowest BCUT2D eigenvalue weighted by atomic mass is 9.95. The number of nitrogens with two attached hydrogens (primary N) is 1. The molecule has 2 atom stereocenters. The van der Waals surface area contributed by atoms with E-state index in [2.05, 4.69) is 5.32 Å². The van der Waals surface area contributed by atoms with Gasteiger partial charge in [-0.15, -0.1) is 0 Å². The van der Waals surface area contributed by atoms with E-state index in [1.165, 1.54) is 19.1 Å². The second-order valence-electron chi connectivity index (χ2n) is 5.70. The third kappa shape index (κ3) is 2.66. The number of rotatable bonds is 4. The van der Waals surface area contributed by atoms with Gasteiger partial charge in [-0.05, 0) is 25.7 Å². The highest BCUT2D eigenvalue weighted by Crippen LogP contribution is 2.36. The average molecular weight is 260 g/mol. The summed E-state index contributed by atoms with van der Waals surface area (Å²) in [5.74, 6) is 0. The van der Waals surface area contributed by atoms with Crippen LogP contribution in [0.5, 0.6) is 0 Å². The van der Waals surface area contributed by atoms with Crippen molar-refractivity contribution >= 4 is 9.84 Å². The highest BCUT2D eigenvalue weighted by molar-refractivity contribution is 7.91. The molecule has 0 aromatic heterocycles. The zero-order valence-electron chi connectivity index (χ0n) is 10.6. The largest absolute Gasteiger partial charge is 0.329 e. The topological polar surface area (TPSA) is 72.2 Å². The molecule has 100 valence electrons. The molecule has 2 aliphatic carbocycles. The molecular weight excluding hydrogens is 236 g/mol. The number of hydrogen-bond acceptors (Lipinski definition) is 4. The summed E-state index contributed by atoms with van der Waals surface area (Å²) in [5.41, 5.74) is 5.55. The van der Waals surface area contributed by atoms with Crippen LogP contribution in [-0.4, -0.2) is 38.0 Å². The lowest BCUT2D eigenvalue weighted by Crippen LogP contribution is -2.61. The van der Waals surface area contributed by atoms with E-state index in [4.69, 9.17) is 5.73 Å². The minimum atomic E-state index is -3.01. The van der Waals surface area contributed by atoms with Crippen molar-refractivity contribution in [1.29, 1.82) is 0 Å². The molecule has 2 unspecified atom stereocenters. The van der Waals surface area contributed by atoms with Crippen molar-refractivity contribution in [2.24, 2.45) is 5.73 Å². The van der Waals surface area contributed by atoms with Gasteiger partial charge in [0.25, 0.3) is 0 Å². The number of hydrogen-bond donors (Lipinski definition) is 2. The maximum Gasteiger partial charge on any atom is 0.152 e. The Morgan fingerprint density at radius 1 is 1.24 bits per heavy atom. The molecular formula is C12H24N2O2S. The van der Waals surface area contributed by atoms with Crippen molar-refractivity contribution in [3.8, 4) is 0 Å². The summed E-state index contributed by atoms with van der Waals surface area (Å²) in [6, 6.07) is 0.473. The van der Waals surface area contributed by atoms with Crippen LogP contribution in [0.3, 0.4) is 0 Å². The molecule has 0 amide bonds. The quantitative estimate of drug-likeness (QED) is 0.785. The van der Waals surface area contributed by atoms with Gasteiger partial charge in [-0.1, -0.05) is 19.3 Å². The normalized spacial score (nSPS) is 35.5. The predicted octanol–water partition coefficient (Wildman–Crippen LogP) is 0.813. The standard InChI is InChI=1S/C12H24N2O2S/c1-17(15,16)11-7-4-8-12(11,9-13)14-10-5-2-3-6-10/h10-11,14H,2-9,13H2,1H3. The van der Waals surface area contributed by atoms with Gasteiger partial charge in [0.2, 0.25) is 0 Å². The third-order valence-electron chi connectivity index (χ3n) is 4.43. The molecule has 0 aromatic carbocycles. The number of sulfone groups is 1. The second kappa shape index (κ2) is 4.86. The molecule has 2 aliphatic rings. The van der Waals surface area contributed by atoms with Crippen molar-refractivity contribution in [2.75, 3.05) is 12.8 Å². The van der Waals surface area contributed by atoms with Crippen LogP contribution >= 0.6 is 0 Å². The van der Waals surface area contributed by atoms with Crippen LogP contribution in [0.15, 0.2) is 0 Å². The van der Waals surface area contributed by atoms with E-state index < -0.39 is 9.84 Å². The highest BCUT2D eigenvalue weighted by atomic mass is 32.2. The Hall–Kier alpha value is -0.130. The Kier molecular flexibility index (Phi) is 3.80. The first-order valence-electron chi connectivity index (χ1n) is 6.64. The Labute approximate surface area is 104 Å². The molecule has 0 saturated heterocycles. The van der Waals surface area contributed by atoms with E-state index in [1.54, 1.807) is 0 Å². The van der Waals surface area contributed by atoms with Crippen LogP contribution in [0, 0.1) is 0 Å². The first kappa shape index (κ1) is 13.3. The van der Waals surface area contributed by atoms with Gasteiger partial charge in [-0.3, -0.25) is 0 Å². The Bertz CT molecular complexity index is 363. The Morgan fingerprint density at radius 3 is 2.41 bits per heavy atom. The van der Waals surface area contributed by atoms with Crippen molar-refractivity contribution < 1.29 is 8.42 Å². The Balaban J connectivity index is 2.16. The van der Waals surface area contributed by atoms with E-state index >= 15 is 0 Å². The van der Waals surface area contributed by atoms with Crippen LogP contribution in [0.2, 0.25) is 0 Å². The van der Waals surface area contributed by atoms with Crippen molar-refractivity contribution in [2.45, 2.75) is 61.8 Å². The smallest absolute Gasteiger partial charge is 0.152 e. The molecule has 2 saturated carbocycles. The molecule has 2 rings (SSSR count). The Morgan fingerprint density at radius 2 is 1.88 bits per heavy atom. The summed E-state index contributed by atoms with van der Waals surface area (Å²) < 4.78 is 23.8. The molecule has 4 nitrogen and oxygen atoms in total. The summed E-state index contributed by atoms with van der Waals surface area (Å²) in [7, 11) is -3.01. The van der Waals surface area contributed by atoms with Gasteiger partial charge < -0.3 is 11.1 Å². The number of nitrogens with one attached hydrogen (secondary N) is 1. The molecule has 0 spiro atoms. The van der Waals surface area contributed by atoms with E-state index in [0.717, 1.165) is 32.1 Å². The molecule has 0 heterocycles. The molecule has 3 N–H and O–H groups in total. The lowest BCUT2D eigenvalue weighted by Gasteiger charge is -2.37. The molecule has 0 aliphatic heterocycles. The summed E-state index contributed by atoms with van der Waals surface area (Å²) >= 11 is 0. The molecule has 5 heteroatoms. The minimum Gasteiger partial charge on any atom is -0.329 e. The lowest BCUT2D eigenvalue weighted by molar-refractivity contribution is 0.298. The minimum absolute atomic E-state index is 0.291. The summed E-state index contributed by atoms with van der Waals surface area (Å²) in [4.78, 5) is 0. The zero-order chi connectivity index (χ0) is 12.5. The van der Waals surface area contributed by atoms with E-state index in [-0.39, 0.29) is 10.8 Å². The van der Waals surface area contributed by atoms with E-state index in [0.29, 0.717) is 12.6 Å². The summed E-state index contributed by atoms with van der Waals surface area (Å²) in [6.07, 6.45) is 8.81. The molecule has 17 heavy (non-hydrogen) atoms. The van der Waals surface area contributed by atoms with Gasteiger partial charge in [0.05, 0.1) is 5.25 Å². The first-order valence-corrected chi connectivity index (χ1v) is 8.60. The first-order chi connectivity index (χ1) is 7.98. The van der Waals surface area contributed by atoms with Crippen LogP contribution < -0.4 is 11.1 Å². The summed E-state index contributed by atoms with van der Waals surface area (Å²) in [6.45, 7) is 0.432. The van der Waals surface area contributed by atoms with Crippen LogP contribution in [-0.2, 0) is 9.84 Å². The van der Waals surface area contributed by atoms with E-state index in [9.17, 15) is 8.42 Å². The van der Waals surface area contributed by atoms with Gasteiger partial charge >= 0.3 is 0 Å². The van der Waals surface area contributed by atoms with Crippen molar-refractivity contribution in [3.63, 3.8) is 0 Å². The second-order valence-corrected chi connectivity index (χ2v) is 7.92. The van der Waals surface area contributed by atoms with Gasteiger partial charge in [-0.2, -0.15) is 0 Å². The maximum absolute atomic E-state index is 11.9. The van der Waals surface area contributed by atoms with Crippen molar-refractivity contribution in [3.05, 3.63) is 0 Å². The van der Waals surface area contributed by atoms with Gasteiger partial charge in [0.15, 0.2) is 9.84 Å². The highest BCUT2D eigenvalue weighted by Gasteiger charge is 2.48. The summed E-state index contributed by atoms with van der Waals surface area (Å²) in [5, 5.41) is 3.30. The van der Waals surface area contributed by atoms with Crippen LogP contribution in [0.1, 0.15) is 44.9 Å². The maximum atomic E-state index is 11.9. The van der Waals surface area contributed by atoms with Crippen LogP contribution in [0.4, 0.5) is 0 Å². The van der Waals surface area contributed by atoms with Gasteiger partial charge in [0.1, 0.15) is 0 Å². The van der Waals surface area contributed by atoms with Crippen molar-refractivity contribution in [1.82, 2.24) is 5.32 Å². The van der Waals surface area contributed by atoms with E-state index in [1.807, 2.05) is 0 Å². The molecule has 0 radical (unpaired) electrons. The molecule has 0 bridgehead atoms. The third-order valence-corrected chi connectivity index (χ3v) is 6.15. The SMILES string of the molecule is CS(=O)(=O)C1CCCC1(CN)NC1CCCC1. The van der Waals surface area contributed by atoms with Crippen LogP contribution in [0.25, 0.3) is 0 Å². The van der Waals surface area contributed by atoms with Gasteiger partial charge in [-0.25, -0.2) is 8.42 Å². The van der Waals surface area contributed by atoms with Gasteiger partial charge in [0, 0.05) is 24.4 Å². The molecule has 0 aromatic rings.